The van der Waals surface area contributed by atoms with E-state index in [0.717, 1.165) is 31.6 Å². The first kappa shape index (κ1) is 18.5. The molecule has 2 aliphatic heterocycles. The fourth-order valence-corrected chi connectivity index (χ4v) is 4.24. The van der Waals surface area contributed by atoms with E-state index in [-0.39, 0.29) is 0 Å². The number of rotatable bonds is 4. The summed E-state index contributed by atoms with van der Waals surface area (Å²) in [5.41, 5.74) is 6.24. The van der Waals surface area contributed by atoms with Gasteiger partial charge in [-0.1, -0.05) is 0 Å². The highest BCUT2D eigenvalue weighted by Gasteiger charge is 2.27. The molecule has 28 heavy (non-hydrogen) atoms. The molecule has 3 heterocycles. The van der Waals surface area contributed by atoms with E-state index >= 15 is 0 Å². The first-order chi connectivity index (χ1) is 13.6. The molecule has 0 saturated carbocycles. The number of methoxy groups -OCH3 is 1. The average molecular weight is 379 g/mol. The van der Waals surface area contributed by atoms with E-state index < -0.39 is 5.97 Å². The molecule has 0 bridgehead atoms. The van der Waals surface area contributed by atoms with E-state index in [1.807, 2.05) is 43.1 Å². The van der Waals surface area contributed by atoms with Gasteiger partial charge in [0.25, 0.3) is 0 Å². The van der Waals surface area contributed by atoms with E-state index in [4.69, 9.17) is 4.74 Å². The van der Waals surface area contributed by atoms with Gasteiger partial charge < -0.3 is 9.64 Å². The summed E-state index contributed by atoms with van der Waals surface area (Å²) in [6.07, 6.45) is 6.47. The molecule has 2 aliphatic rings. The van der Waals surface area contributed by atoms with Crippen molar-refractivity contribution in [3.8, 4) is 0 Å². The van der Waals surface area contributed by atoms with E-state index in [9.17, 15) is 4.79 Å². The van der Waals surface area contributed by atoms with Crippen molar-refractivity contribution >= 4 is 23.1 Å². The quantitative estimate of drug-likeness (QED) is 0.354. The van der Waals surface area contributed by atoms with Crippen LogP contribution in [0.15, 0.2) is 41.6 Å². The molecule has 0 radical (unpaired) electrons. The minimum Gasteiger partial charge on any atom is -0.464 e. The Balaban J connectivity index is 1.74. The van der Waals surface area contributed by atoms with E-state index in [1.54, 1.807) is 5.01 Å². The number of pyridine rings is 1. The van der Waals surface area contributed by atoms with Gasteiger partial charge in [-0.25, -0.2) is 4.79 Å². The molecule has 4 rings (SSSR count). The number of benzene rings is 1. The predicted molar refractivity (Wildman–Crippen MR) is 110 cm³/mol. The predicted octanol–water partition coefficient (Wildman–Crippen LogP) is 2.22. The molecule has 2 aromatic rings. The Kier molecular flexibility index (Phi) is 5.03. The average Bonchev–Trinajstić information content (AvgIpc) is 2.72. The molecule has 0 aliphatic carbocycles. The minimum absolute atomic E-state index is 0.293. The van der Waals surface area contributed by atoms with Crippen molar-refractivity contribution in [2.24, 2.45) is 12.1 Å². The Morgan fingerprint density at radius 3 is 2.46 bits per heavy atom. The van der Waals surface area contributed by atoms with E-state index in [2.05, 4.69) is 22.1 Å². The third-order valence-corrected chi connectivity index (χ3v) is 5.62. The summed E-state index contributed by atoms with van der Waals surface area (Å²) in [7, 11) is 5.17. The van der Waals surface area contributed by atoms with Crippen LogP contribution in [0.5, 0.6) is 0 Å². The molecule has 6 heteroatoms. The molecule has 0 amide bonds. The summed E-state index contributed by atoms with van der Waals surface area (Å²) in [5, 5.41) is 6.45. The van der Waals surface area contributed by atoms with Crippen molar-refractivity contribution in [2.45, 2.75) is 25.7 Å². The van der Waals surface area contributed by atoms with Gasteiger partial charge in [0, 0.05) is 38.0 Å². The fourth-order valence-electron chi connectivity index (χ4n) is 4.24. The van der Waals surface area contributed by atoms with Crippen molar-refractivity contribution in [3.63, 3.8) is 0 Å². The molecule has 0 spiro atoms. The first-order valence-electron chi connectivity index (χ1n) is 9.85. The zero-order chi connectivity index (χ0) is 19.7. The van der Waals surface area contributed by atoms with Gasteiger partial charge in [0.15, 0.2) is 6.20 Å². The molecular formula is C22H27N4O2+. The van der Waals surface area contributed by atoms with Crippen LogP contribution in [0.1, 0.15) is 29.7 Å². The largest absolute Gasteiger partial charge is 0.464 e. The zero-order valence-electron chi connectivity index (χ0n) is 16.8. The number of carbonyl (C=O) groups excluding carboxylic acids is 1. The highest BCUT2D eigenvalue weighted by Crippen LogP contribution is 2.38. The Morgan fingerprint density at radius 1 is 1.18 bits per heavy atom. The highest BCUT2D eigenvalue weighted by atomic mass is 16.5. The number of hydrogen-bond acceptors (Lipinski definition) is 5. The Morgan fingerprint density at radius 2 is 1.86 bits per heavy atom. The molecule has 0 saturated heterocycles. The summed E-state index contributed by atoms with van der Waals surface area (Å²) in [6, 6.07) is 10.1. The van der Waals surface area contributed by atoms with Crippen molar-refractivity contribution < 1.29 is 14.1 Å². The van der Waals surface area contributed by atoms with Gasteiger partial charge in [0.2, 0.25) is 11.4 Å². The second-order valence-electron chi connectivity index (χ2n) is 7.47. The number of ether oxygens (including phenoxy) is 1. The third-order valence-electron chi connectivity index (χ3n) is 5.62. The lowest BCUT2D eigenvalue weighted by Crippen LogP contribution is -2.39. The van der Waals surface area contributed by atoms with Gasteiger partial charge in [0.1, 0.15) is 7.05 Å². The van der Waals surface area contributed by atoms with Crippen LogP contribution in [0, 0.1) is 0 Å². The molecular weight excluding hydrogens is 352 g/mol. The summed E-state index contributed by atoms with van der Waals surface area (Å²) >= 11 is 0. The van der Waals surface area contributed by atoms with Gasteiger partial charge in [0.05, 0.1) is 12.8 Å². The van der Waals surface area contributed by atoms with Gasteiger partial charge in [-0.3, -0.25) is 5.01 Å². The van der Waals surface area contributed by atoms with Crippen LogP contribution in [0.4, 0.5) is 11.4 Å². The SMILES string of the molecule is COC(=O)/C(=N\N(C)c1cc2c3c(c1)CCCN3CCC2)c1cccc[n+]1C. The van der Waals surface area contributed by atoms with Crippen molar-refractivity contribution in [1.29, 1.82) is 0 Å². The number of nitrogens with zero attached hydrogens (tertiary/aromatic N) is 4. The summed E-state index contributed by atoms with van der Waals surface area (Å²) in [5.74, 6) is -0.445. The molecule has 0 atom stereocenters. The maximum atomic E-state index is 12.4. The lowest BCUT2D eigenvalue weighted by Gasteiger charge is -2.37. The summed E-state index contributed by atoms with van der Waals surface area (Å²) < 4.78 is 6.87. The van der Waals surface area contributed by atoms with Crippen LogP contribution in [-0.2, 0) is 29.4 Å². The Bertz CT molecular complexity index is 907. The van der Waals surface area contributed by atoms with Gasteiger partial charge in [-0.05, 0) is 55.0 Å². The van der Waals surface area contributed by atoms with Crippen LogP contribution in [0.25, 0.3) is 0 Å². The molecule has 146 valence electrons. The van der Waals surface area contributed by atoms with Crippen molar-refractivity contribution in [2.75, 3.05) is 37.2 Å². The minimum atomic E-state index is -0.445. The first-order valence-corrected chi connectivity index (χ1v) is 9.85. The second kappa shape index (κ2) is 7.62. The number of hydrazone groups is 1. The molecule has 0 unspecified atom stereocenters. The van der Waals surface area contributed by atoms with E-state index in [1.165, 1.54) is 36.8 Å². The maximum absolute atomic E-state index is 12.4. The number of anilines is 2. The molecule has 0 fully saturated rings. The summed E-state index contributed by atoms with van der Waals surface area (Å²) in [4.78, 5) is 15.0. The summed E-state index contributed by atoms with van der Waals surface area (Å²) in [6.45, 7) is 2.31. The monoisotopic (exact) mass is 379 g/mol. The standard InChI is InChI=1S/C22H27N4O2/c1-24-11-5-4-10-19(24)20(22(27)28-3)23-25(2)18-14-16-8-6-12-26-13-7-9-17(15-18)21(16)26/h4-5,10-11,14-15H,6-9,12-13H2,1-3H3/q+1. The van der Waals surface area contributed by atoms with Crippen LogP contribution >= 0.6 is 0 Å². The Hall–Kier alpha value is -2.89. The Labute approximate surface area is 166 Å². The van der Waals surface area contributed by atoms with Crippen LogP contribution in [0.3, 0.4) is 0 Å². The molecule has 0 N–H and O–H groups in total. The third kappa shape index (κ3) is 3.35. The van der Waals surface area contributed by atoms with Crippen LogP contribution < -0.4 is 14.5 Å². The molecule has 1 aromatic carbocycles. The van der Waals surface area contributed by atoms with E-state index in [0.29, 0.717) is 11.4 Å². The number of esters is 1. The van der Waals surface area contributed by atoms with Crippen molar-refractivity contribution in [1.82, 2.24) is 0 Å². The smallest absolute Gasteiger partial charge is 0.365 e. The zero-order valence-corrected chi connectivity index (χ0v) is 16.8. The number of aryl methyl sites for hydroxylation is 3. The van der Waals surface area contributed by atoms with Crippen LogP contribution in [0.2, 0.25) is 0 Å². The van der Waals surface area contributed by atoms with Gasteiger partial charge in [-0.2, -0.15) is 9.67 Å². The number of aromatic nitrogens is 1. The molecule has 1 aromatic heterocycles. The lowest BCUT2D eigenvalue weighted by atomic mass is 9.91. The maximum Gasteiger partial charge on any atom is 0.365 e. The van der Waals surface area contributed by atoms with Crippen LogP contribution in [-0.4, -0.2) is 38.9 Å². The number of hydrogen-bond donors (Lipinski definition) is 0. The topological polar surface area (TPSA) is 49.0 Å². The lowest BCUT2D eigenvalue weighted by molar-refractivity contribution is -0.672. The molecule has 6 nitrogen and oxygen atoms in total. The second-order valence-corrected chi connectivity index (χ2v) is 7.47. The van der Waals surface area contributed by atoms with Crippen molar-refractivity contribution in [3.05, 3.63) is 53.3 Å². The van der Waals surface area contributed by atoms with Gasteiger partial charge in [-0.15, -0.1) is 0 Å². The normalized spacial score (nSPS) is 15.8. The van der Waals surface area contributed by atoms with Gasteiger partial charge >= 0.3 is 5.97 Å². The highest BCUT2D eigenvalue weighted by molar-refractivity contribution is 6.42. The fraction of sp³-hybridized carbons (Fsp3) is 0.409. The number of carbonyl (C=O) groups is 1.